The van der Waals surface area contributed by atoms with E-state index >= 15 is 0 Å². The van der Waals surface area contributed by atoms with Crippen molar-refractivity contribution in [1.82, 2.24) is 4.90 Å². The number of hydrogen-bond donors (Lipinski definition) is 2. The topological polar surface area (TPSA) is 62.2 Å². The Morgan fingerprint density at radius 3 is 2.63 bits per heavy atom. The Morgan fingerprint density at radius 2 is 2.05 bits per heavy atom. The van der Waals surface area contributed by atoms with E-state index < -0.39 is 0 Å². The molecular formula is C14H27NO4. The molecule has 0 amide bonds. The van der Waals surface area contributed by atoms with Gasteiger partial charge in [-0.1, -0.05) is 0 Å². The van der Waals surface area contributed by atoms with Crippen molar-refractivity contribution < 1.29 is 19.7 Å². The molecule has 0 aromatic rings. The van der Waals surface area contributed by atoms with E-state index in [9.17, 15) is 5.11 Å². The quantitative estimate of drug-likeness (QED) is 0.726. The van der Waals surface area contributed by atoms with Crippen LogP contribution < -0.4 is 0 Å². The van der Waals surface area contributed by atoms with Crippen molar-refractivity contribution in [2.45, 2.75) is 31.8 Å². The number of nitrogens with zero attached hydrogens (tertiary/aromatic N) is 1. The average molecular weight is 273 g/mol. The smallest absolute Gasteiger partial charge is 0.0701 e. The van der Waals surface area contributed by atoms with Crippen LogP contribution in [0.1, 0.15) is 25.7 Å². The lowest BCUT2D eigenvalue weighted by Gasteiger charge is -2.41. The number of piperidine rings is 1. The molecule has 1 unspecified atom stereocenters. The van der Waals surface area contributed by atoms with E-state index in [0.29, 0.717) is 13.2 Å². The third-order valence-electron chi connectivity index (χ3n) is 4.28. The molecular weight excluding hydrogens is 246 g/mol. The Labute approximate surface area is 115 Å². The van der Waals surface area contributed by atoms with Gasteiger partial charge in [-0.2, -0.15) is 0 Å². The number of rotatable bonds is 6. The Kier molecular flexibility index (Phi) is 6.04. The van der Waals surface area contributed by atoms with Crippen molar-refractivity contribution in [3.63, 3.8) is 0 Å². The summed E-state index contributed by atoms with van der Waals surface area (Å²) in [4.78, 5) is 2.42. The van der Waals surface area contributed by atoms with Gasteiger partial charge in [0.2, 0.25) is 0 Å². The van der Waals surface area contributed by atoms with Crippen LogP contribution >= 0.6 is 0 Å². The fraction of sp³-hybridized carbons (Fsp3) is 1.00. The highest BCUT2D eigenvalue weighted by Crippen LogP contribution is 2.30. The molecule has 2 aliphatic rings. The summed E-state index contributed by atoms with van der Waals surface area (Å²) in [6.45, 7) is 5.23. The molecule has 0 saturated carbocycles. The van der Waals surface area contributed by atoms with Crippen LogP contribution in [-0.4, -0.2) is 73.9 Å². The van der Waals surface area contributed by atoms with E-state index in [-0.39, 0.29) is 24.7 Å². The summed E-state index contributed by atoms with van der Waals surface area (Å²) in [5, 5.41) is 18.4. The average Bonchev–Trinajstić information content (AvgIpc) is 2.47. The molecule has 0 aromatic carbocycles. The minimum atomic E-state index is -0.0585. The fourth-order valence-electron chi connectivity index (χ4n) is 3.14. The third kappa shape index (κ3) is 4.39. The summed E-state index contributed by atoms with van der Waals surface area (Å²) < 4.78 is 11.1. The Morgan fingerprint density at radius 1 is 1.26 bits per heavy atom. The zero-order valence-corrected chi connectivity index (χ0v) is 11.7. The maximum Gasteiger partial charge on any atom is 0.0701 e. The van der Waals surface area contributed by atoms with Gasteiger partial charge in [0.15, 0.2) is 0 Å². The van der Waals surface area contributed by atoms with Crippen molar-refractivity contribution in [2.75, 3.05) is 52.7 Å². The van der Waals surface area contributed by atoms with E-state index in [1.165, 1.54) is 0 Å². The molecule has 1 atom stereocenters. The maximum absolute atomic E-state index is 9.68. The van der Waals surface area contributed by atoms with Crippen LogP contribution in [0.25, 0.3) is 0 Å². The summed E-state index contributed by atoms with van der Waals surface area (Å²) in [5.74, 6) is 0. The van der Waals surface area contributed by atoms with Crippen molar-refractivity contribution >= 4 is 0 Å². The fourth-order valence-corrected chi connectivity index (χ4v) is 3.14. The highest BCUT2D eigenvalue weighted by atomic mass is 16.5. The molecule has 0 radical (unpaired) electrons. The number of ether oxygens (including phenoxy) is 2. The maximum atomic E-state index is 9.68. The second-order valence-electron chi connectivity index (χ2n) is 5.88. The molecule has 2 N–H and O–H groups in total. The third-order valence-corrected chi connectivity index (χ3v) is 4.28. The lowest BCUT2D eigenvalue weighted by Crippen LogP contribution is -2.48. The monoisotopic (exact) mass is 273 g/mol. The summed E-state index contributed by atoms with van der Waals surface area (Å²) in [6, 6.07) is 0. The van der Waals surface area contributed by atoms with Crippen molar-refractivity contribution in [3.05, 3.63) is 0 Å². The molecule has 112 valence electrons. The highest BCUT2D eigenvalue weighted by Gasteiger charge is 2.35. The molecule has 2 aliphatic heterocycles. The Balaban J connectivity index is 1.74. The second-order valence-corrected chi connectivity index (χ2v) is 5.88. The Bertz CT molecular complexity index is 248. The van der Waals surface area contributed by atoms with E-state index in [1.807, 2.05) is 0 Å². The van der Waals surface area contributed by atoms with Gasteiger partial charge in [0.25, 0.3) is 0 Å². The minimum absolute atomic E-state index is 0.0585. The molecule has 5 nitrogen and oxygen atoms in total. The first kappa shape index (κ1) is 15.2. The van der Waals surface area contributed by atoms with Gasteiger partial charge in [-0.3, -0.25) is 0 Å². The molecule has 0 spiro atoms. The van der Waals surface area contributed by atoms with Crippen LogP contribution in [0.3, 0.4) is 0 Å². The van der Waals surface area contributed by atoms with E-state index in [1.54, 1.807) is 0 Å². The van der Waals surface area contributed by atoms with E-state index in [0.717, 1.165) is 51.9 Å². The van der Waals surface area contributed by atoms with Gasteiger partial charge in [0.05, 0.1) is 32.5 Å². The molecule has 0 aromatic heterocycles. The molecule has 2 rings (SSSR count). The second kappa shape index (κ2) is 7.55. The molecule has 0 bridgehead atoms. The van der Waals surface area contributed by atoms with Crippen molar-refractivity contribution in [3.8, 4) is 0 Å². The number of likely N-dealkylation sites (tertiary alicyclic amines) is 1. The van der Waals surface area contributed by atoms with Gasteiger partial charge in [-0.05, 0) is 25.7 Å². The zero-order chi connectivity index (χ0) is 13.6. The van der Waals surface area contributed by atoms with Gasteiger partial charge < -0.3 is 24.6 Å². The SMILES string of the molecule is OCCOC1CCN(CC2(CO)CCCOC2)CC1. The van der Waals surface area contributed by atoms with Gasteiger partial charge >= 0.3 is 0 Å². The van der Waals surface area contributed by atoms with Gasteiger partial charge in [0.1, 0.15) is 0 Å². The lowest BCUT2D eigenvalue weighted by molar-refractivity contribution is -0.0674. The number of aliphatic hydroxyl groups excluding tert-OH is 2. The van der Waals surface area contributed by atoms with Crippen LogP contribution in [0.2, 0.25) is 0 Å². The van der Waals surface area contributed by atoms with E-state index in [2.05, 4.69) is 4.90 Å². The van der Waals surface area contributed by atoms with Crippen LogP contribution in [0.15, 0.2) is 0 Å². The largest absolute Gasteiger partial charge is 0.396 e. The minimum Gasteiger partial charge on any atom is -0.396 e. The summed E-state index contributed by atoms with van der Waals surface area (Å²) in [7, 11) is 0. The molecule has 5 heteroatoms. The van der Waals surface area contributed by atoms with Gasteiger partial charge in [-0.25, -0.2) is 0 Å². The van der Waals surface area contributed by atoms with E-state index in [4.69, 9.17) is 14.6 Å². The normalized spacial score (nSPS) is 30.6. The first-order valence-electron chi connectivity index (χ1n) is 7.41. The molecule has 19 heavy (non-hydrogen) atoms. The molecule has 2 fully saturated rings. The zero-order valence-electron chi connectivity index (χ0n) is 11.7. The summed E-state index contributed by atoms with van der Waals surface area (Å²) >= 11 is 0. The van der Waals surface area contributed by atoms with Gasteiger partial charge in [-0.15, -0.1) is 0 Å². The molecule has 0 aliphatic carbocycles. The lowest BCUT2D eigenvalue weighted by atomic mass is 9.82. The highest BCUT2D eigenvalue weighted by molar-refractivity contribution is 4.86. The predicted molar refractivity (Wildman–Crippen MR) is 72.1 cm³/mol. The molecule has 2 saturated heterocycles. The van der Waals surface area contributed by atoms with Crippen LogP contribution in [-0.2, 0) is 9.47 Å². The first-order valence-corrected chi connectivity index (χ1v) is 7.41. The molecule has 2 heterocycles. The standard InChI is InChI=1S/C14H27NO4/c16-7-9-19-13-2-5-15(6-3-13)10-14(11-17)4-1-8-18-12-14/h13,16-17H,1-12H2. The Hall–Kier alpha value is -0.200. The van der Waals surface area contributed by atoms with Crippen molar-refractivity contribution in [2.24, 2.45) is 5.41 Å². The predicted octanol–water partition coefficient (Wildman–Crippen LogP) is 0.249. The summed E-state index contributed by atoms with van der Waals surface area (Å²) in [6.07, 6.45) is 4.43. The van der Waals surface area contributed by atoms with Gasteiger partial charge in [0, 0.05) is 31.7 Å². The first-order chi connectivity index (χ1) is 9.28. The summed E-state index contributed by atoms with van der Waals surface area (Å²) in [5.41, 5.74) is -0.0585. The number of aliphatic hydroxyl groups is 2. The van der Waals surface area contributed by atoms with Crippen LogP contribution in [0, 0.1) is 5.41 Å². The van der Waals surface area contributed by atoms with Crippen LogP contribution in [0.4, 0.5) is 0 Å². The van der Waals surface area contributed by atoms with Crippen LogP contribution in [0.5, 0.6) is 0 Å². The number of hydrogen-bond acceptors (Lipinski definition) is 5. The van der Waals surface area contributed by atoms with Crippen molar-refractivity contribution in [1.29, 1.82) is 0 Å².